The summed E-state index contributed by atoms with van der Waals surface area (Å²) in [5, 5.41) is 8.66. The average Bonchev–Trinajstić information content (AvgIpc) is 2.43. The minimum atomic E-state index is 0. The Morgan fingerprint density at radius 3 is 1.45 bits per heavy atom. The molecule has 1 N–H and O–H groups in total. The lowest BCUT2D eigenvalue weighted by Gasteiger charge is -1.99. The van der Waals surface area contributed by atoms with Crippen LogP contribution in [0.2, 0.25) is 0 Å². The molecule has 0 aromatic rings. The molecule has 0 radical (unpaired) electrons. The molecule has 0 fully saturated rings. The first-order chi connectivity index (χ1) is 9.41. The van der Waals surface area contributed by atoms with Gasteiger partial charge in [-0.05, 0) is 32.1 Å². The predicted octanol–water partition coefficient (Wildman–Crippen LogP) is 5.10. The van der Waals surface area contributed by atoms with E-state index in [4.69, 9.17) is 5.11 Å². The van der Waals surface area contributed by atoms with Crippen LogP contribution >= 0.6 is 0 Å². The van der Waals surface area contributed by atoms with Gasteiger partial charge in [0.05, 0.1) is 0 Å². The summed E-state index contributed by atoms with van der Waals surface area (Å²) in [7, 11) is 0. The molecule has 1 nitrogen and oxygen atoms in total. The lowest BCUT2D eigenvalue weighted by molar-refractivity contribution is 0.282. The van der Waals surface area contributed by atoms with Gasteiger partial charge >= 0.3 is 23.1 Å². The van der Waals surface area contributed by atoms with Gasteiger partial charge in [0.1, 0.15) is 0 Å². The van der Waals surface area contributed by atoms with Crippen LogP contribution in [-0.2, 0) is 0 Å². The lowest BCUT2D eigenvalue weighted by Crippen LogP contribution is -1.83. The quantitative estimate of drug-likeness (QED) is 0.253. The van der Waals surface area contributed by atoms with Crippen molar-refractivity contribution in [2.24, 2.45) is 0 Å². The summed E-state index contributed by atoms with van der Waals surface area (Å²) < 4.78 is 0. The molecule has 0 saturated carbocycles. The van der Waals surface area contributed by atoms with E-state index in [1.807, 2.05) is 0 Å². The monoisotopic (exact) mass is 294 g/mol. The Balaban J connectivity index is 0. The van der Waals surface area contributed by atoms with Crippen molar-refractivity contribution in [1.82, 2.24) is 0 Å². The van der Waals surface area contributed by atoms with Crippen LogP contribution in [-0.4, -0.2) is 34.8 Å². The van der Waals surface area contributed by atoms with Crippen molar-refractivity contribution in [3.8, 4) is 0 Å². The van der Waals surface area contributed by atoms with Crippen molar-refractivity contribution in [1.29, 1.82) is 0 Å². The summed E-state index contributed by atoms with van der Waals surface area (Å²) in [4.78, 5) is 0. The van der Waals surface area contributed by atoms with Crippen LogP contribution in [0.3, 0.4) is 0 Å². The van der Waals surface area contributed by atoms with Crippen LogP contribution < -0.4 is 0 Å². The zero-order valence-corrected chi connectivity index (χ0v) is 13.2. The molecule has 0 aromatic heterocycles. The summed E-state index contributed by atoms with van der Waals surface area (Å²) in [6, 6.07) is 0. The van der Waals surface area contributed by atoms with Crippen molar-refractivity contribution in [3.63, 3.8) is 0 Å². The highest BCUT2D eigenvalue weighted by Gasteiger charge is 1.90. The fourth-order valence-electron chi connectivity index (χ4n) is 2.36. The van der Waals surface area contributed by atoms with Gasteiger partial charge in [-0.1, -0.05) is 76.9 Å². The number of allylic oxidation sites excluding steroid dienone is 2. The molecule has 0 amide bonds. The Morgan fingerprint density at radius 1 is 0.600 bits per heavy atom. The molecule has 0 rings (SSSR count). The molecule has 0 aliphatic carbocycles. The number of hydrogen-bond acceptors (Lipinski definition) is 1. The Labute approximate surface area is 143 Å². The van der Waals surface area contributed by atoms with Gasteiger partial charge in [-0.25, -0.2) is 0 Å². The van der Waals surface area contributed by atoms with Crippen molar-refractivity contribution < 1.29 is 5.11 Å². The van der Waals surface area contributed by atoms with Crippen LogP contribution in [0.5, 0.6) is 0 Å². The maximum Gasteiger partial charge on any atom is 0.316 e. The van der Waals surface area contributed by atoms with Crippen molar-refractivity contribution in [3.05, 3.63) is 12.2 Å². The van der Waals surface area contributed by atoms with E-state index >= 15 is 0 Å². The molecular weight excluding hydrogens is 257 g/mol. The zero-order valence-electron chi connectivity index (χ0n) is 13.2. The minimum absolute atomic E-state index is 0. The molecule has 0 heterocycles. The van der Waals surface area contributed by atoms with E-state index in [2.05, 4.69) is 19.1 Å². The highest BCUT2D eigenvalue weighted by Crippen LogP contribution is 2.09. The molecule has 20 heavy (non-hydrogen) atoms. The molecule has 0 aliphatic rings. The number of unbranched alkanes of at least 4 members (excludes halogenated alkanes) is 12. The van der Waals surface area contributed by atoms with E-state index in [1.54, 1.807) is 0 Å². The van der Waals surface area contributed by atoms with Gasteiger partial charge in [-0.2, -0.15) is 0 Å². The van der Waals surface area contributed by atoms with Crippen molar-refractivity contribution >= 4 is 23.1 Å². The third kappa shape index (κ3) is 20.8. The topological polar surface area (TPSA) is 20.2 Å². The van der Waals surface area contributed by atoms with Crippen LogP contribution in [0.4, 0.5) is 0 Å². The largest absolute Gasteiger partial charge is 0.396 e. The Hall–Kier alpha value is 0.466. The highest BCUT2D eigenvalue weighted by atomic mass is 24.3. The number of aliphatic hydroxyl groups excluding tert-OH is 1. The van der Waals surface area contributed by atoms with E-state index < -0.39 is 0 Å². The van der Waals surface area contributed by atoms with Gasteiger partial charge in [0.2, 0.25) is 0 Å². The lowest BCUT2D eigenvalue weighted by atomic mass is 10.1. The van der Waals surface area contributed by atoms with E-state index in [9.17, 15) is 0 Å². The molecule has 0 unspecified atom stereocenters. The van der Waals surface area contributed by atoms with Gasteiger partial charge in [0.15, 0.2) is 0 Å². The van der Waals surface area contributed by atoms with Crippen LogP contribution in [0.25, 0.3) is 0 Å². The van der Waals surface area contributed by atoms with Gasteiger partial charge in [-0.15, -0.1) is 0 Å². The third-order valence-corrected chi connectivity index (χ3v) is 3.67. The molecule has 0 atom stereocenters. The van der Waals surface area contributed by atoms with Gasteiger partial charge in [0.25, 0.3) is 0 Å². The maximum absolute atomic E-state index is 8.66. The predicted molar refractivity (Wildman–Crippen MR) is 95.1 cm³/mol. The molecular formula is C18H38MgO. The number of hydrogen-bond donors (Lipinski definition) is 1. The summed E-state index contributed by atoms with van der Waals surface area (Å²) in [5.74, 6) is 0. The van der Waals surface area contributed by atoms with Crippen molar-refractivity contribution in [2.45, 2.75) is 96.8 Å². The number of rotatable bonds is 15. The Kier molecular flexibility index (Phi) is 24.7. The van der Waals surface area contributed by atoms with Gasteiger partial charge < -0.3 is 5.11 Å². The second-order valence-corrected chi connectivity index (χ2v) is 5.66. The molecule has 0 aromatic carbocycles. The van der Waals surface area contributed by atoms with E-state index in [-0.39, 0.29) is 23.1 Å². The number of aliphatic hydroxyl groups is 1. The van der Waals surface area contributed by atoms with Crippen LogP contribution in [0.1, 0.15) is 96.8 Å². The summed E-state index contributed by atoms with van der Waals surface area (Å²) in [6.45, 7) is 2.64. The fourth-order valence-corrected chi connectivity index (χ4v) is 2.36. The summed E-state index contributed by atoms with van der Waals surface area (Å²) in [6.07, 6.45) is 23.2. The molecule has 0 saturated heterocycles. The minimum Gasteiger partial charge on any atom is -0.396 e. The average molecular weight is 295 g/mol. The zero-order chi connectivity index (χ0) is 14.0. The maximum atomic E-state index is 8.66. The molecule has 0 aliphatic heterocycles. The molecule has 0 bridgehead atoms. The van der Waals surface area contributed by atoms with Crippen LogP contribution in [0.15, 0.2) is 12.2 Å². The smallest absolute Gasteiger partial charge is 0.316 e. The van der Waals surface area contributed by atoms with Crippen LogP contribution in [0, 0.1) is 0 Å². The SMILES string of the molecule is CCCCCCCC/C=C\CCCCCCCCO.[MgH2]. The van der Waals surface area contributed by atoms with Gasteiger partial charge in [-0.3, -0.25) is 0 Å². The second-order valence-electron chi connectivity index (χ2n) is 5.66. The van der Waals surface area contributed by atoms with E-state index in [1.165, 1.54) is 83.5 Å². The Morgan fingerprint density at radius 2 is 1.00 bits per heavy atom. The van der Waals surface area contributed by atoms with E-state index in [0.717, 1.165) is 6.42 Å². The highest BCUT2D eigenvalue weighted by molar-refractivity contribution is 5.75. The first kappa shape index (κ1) is 22.7. The third-order valence-electron chi connectivity index (χ3n) is 3.67. The summed E-state index contributed by atoms with van der Waals surface area (Å²) in [5.41, 5.74) is 0. The first-order valence-electron chi connectivity index (χ1n) is 8.67. The first-order valence-corrected chi connectivity index (χ1v) is 8.67. The standard InChI is InChI=1S/C18H36O.Mg.2H/c1-2-3-4-5-6-7-8-9-10-11-12-13-14-15-16-17-18-19;;;/h9-10,19H,2-8,11-18H2,1H3;;;/b10-9-;;;. The van der Waals surface area contributed by atoms with Gasteiger partial charge in [0, 0.05) is 6.61 Å². The molecule has 0 spiro atoms. The normalized spacial score (nSPS) is 10.9. The second kappa shape index (κ2) is 21.8. The summed E-state index contributed by atoms with van der Waals surface area (Å²) >= 11 is 0. The molecule has 118 valence electrons. The molecule has 2 heteroatoms. The fraction of sp³-hybridized carbons (Fsp3) is 0.889. The van der Waals surface area contributed by atoms with Crippen molar-refractivity contribution in [2.75, 3.05) is 6.61 Å². The van der Waals surface area contributed by atoms with E-state index in [0.29, 0.717) is 6.61 Å². The Bertz CT molecular complexity index is 180.